The Kier molecular flexibility index (Phi) is 5.16. The van der Waals surface area contributed by atoms with Crippen LogP contribution in [0.5, 0.6) is 0 Å². The third kappa shape index (κ3) is 3.65. The van der Waals surface area contributed by atoms with Gasteiger partial charge in [-0.25, -0.2) is 9.59 Å². The molecule has 0 bridgehead atoms. The van der Waals surface area contributed by atoms with E-state index in [0.29, 0.717) is 21.3 Å². The number of rotatable bonds is 5. The van der Waals surface area contributed by atoms with E-state index >= 15 is 0 Å². The Morgan fingerprint density at radius 1 is 1.18 bits per heavy atom. The highest BCUT2D eigenvalue weighted by Gasteiger charge is 2.20. The van der Waals surface area contributed by atoms with Crippen molar-refractivity contribution in [1.82, 2.24) is 0 Å². The van der Waals surface area contributed by atoms with Gasteiger partial charge in [0.2, 0.25) is 0 Å². The number of carbonyl (C=O) groups is 2. The summed E-state index contributed by atoms with van der Waals surface area (Å²) in [5, 5.41) is 12.3. The van der Waals surface area contributed by atoms with E-state index < -0.39 is 18.0 Å². The Balaban J connectivity index is 2.32. The number of halogens is 1. The van der Waals surface area contributed by atoms with Gasteiger partial charge in [0, 0.05) is 10.2 Å². The van der Waals surface area contributed by atoms with Crippen LogP contribution in [-0.4, -0.2) is 24.2 Å². The molecule has 6 heteroatoms. The van der Waals surface area contributed by atoms with Crippen LogP contribution in [0, 0.1) is 0 Å². The van der Waals surface area contributed by atoms with Gasteiger partial charge < -0.3 is 15.2 Å². The molecule has 2 aromatic rings. The number of anilines is 1. The number of hydrogen-bond acceptors (Lipinski definition) is 4. The molecule has 0 aromatic heterocycles. The topological polar surface area (TPSA) is 75.6 Å². The van der Waals surface area contributed by atoms with Crippen molar-refractivity contribution in [2.45, 2.75) is 6.04 Å². The lowest BCUT2D eigenvalue weighted by atomic mass is 10.1. The summed E-state index contributed by atoms with van der Waals surface area (Å²) in [6, 6.07) is 12.8. The Morgan fingerprint density at radius 2 is 1.86 bits per heavy atom. The normalized spacial score (nSPS) is 11.5. The summed E-state index contributed by atoms with van der Waals surface area (Å²) in [4.78, 5) is 23.2. The van der Waals surface area contributed by atoms with Crippen molar-refractivity contribution >= 4 is 33.6 Å². The number of carboxylic acid groups (broad SMARTS) is 1. The Bertz CT molecular complexity index is 688. The van der Waals surface area contributed by atoms with Gasteiger partial charge in [0.15, 0.2) is 6.04 Å². The summed E-state index contributed by atoms with van der Waals surface area (Å²) < 4.78 is 5.28. The predicted octanol–water partition coefficient (Wildman–Crippen LogP) is 3.47. The zero-order valence-corrected chi connectivity index (χ0v) is 13.3. The van der Waals surface area contributed by atoms with Gasteiger partial charge in [-0.2, -0.15) is 0 Å². The molecule has 0 radical (unpaired) electrons. The summed E-state index contributed by atoms with van der Waals surface area (Å²) in [5.74, 6) is -1.50. The minimum absolute atomic E-state index is 0.324. The molecule has 0 heterocycles. The summed E-state index contributed by atoms with van der Waals surface area (Å²) in [6.07, 6.45) is 0. The van der Waals surface area contributed by atoms with E-state index in [0.717, 1.165) is 0 Å². The van der Waals surface area contributed by atoms with Crippen molar-refractivity contribution < 1.29 is 19.4 Å². The highest BCUT2D eigenvalue weighted by atomic mass is 79.9. The summed E-state index contributed by atoms with van der Waals surface area (Å²) in [5.41, 5.74) is 1.46. The van der Waals surface area contributed by atoms with Gasteiger partial charge >= 0.3 is 11.9 Å². The van der Waals surface area contributed by atoms with E-state index in [4.69, 9.17) is 4.74 Å². The lowest BCUT2D eigenvalue weighted by Crippen LogP contribution is -2.20. The molecule has 22 heavy (non-hydrogen) atoms. The van der Waals surface area contributed by atoms with Crippen LogP contribution in [-0.2, 0) is 9.53 Å². The molecule has 0 spiro atoms. The van der Waals surface area contributed by atoms with Gasteiger partial charge in [0.25, 0.3) is 0 Å². The molecule has 0 amide bonds. The third-order valence-corrected chi connectivity index (χ3v) is 3.75. The first-order valence-corrected chi connectivity index (χ1v) is 7.24. The van der Waals surface area contributed by atoms with Crippen LogP contribution >= 0.6 is 15.9 Å². The number of nitrogens with one attached hydrogen (secondary N) is 1. The fourth-order valence-electron chi connectivity index (χ4n) is 1.98. The van der Waals surface area contributed by atoms with Crippen molar-refractivity contribution in [3.63, 3.8) is 0 Å². The van der Waals surface area contributed by atoms with Gasteiger partial charge in [-0.05, 0) is 39.7 Å². The van der Waals surface area contributed by atoms with E-state index in [9.17, 15) is 14.7 Å². The number of benzene rings is 2. The molecule has 0 aliphatic heterocycles. The first-order valence-electron chi connectivity index (χ1n) is 6.45. The van der Waals surface area contributed by atoms with E-state index in [1.54, 1.807) is 42.5 Å². The lowest BCUT2D eigenvalue weighted by molar-refractivity contribution is -0.138. The lowest BCUT2D eigenvalue weighted by Gasteiger charge is -2.17. The third-order valence-electron chi connectivity index (χ3n) is 3.06. The van der Waals surface area contributed by atoms with Crippen LogP contribution in [0.15, 0.2) is 53.0 Å². The van der Waals surface area contributed by atoms with Gasteiger partial charge in [0.1, 0.15) is 0 Å². The molecular weight excluding hydrogens is 350 g/mol. The largest absolute Gasteiger partial charge is 0.479 e. The monoisotopic (exact) mass is 363 g/mol. The van der Waals surface area contributed by atoms with Crippen LogP contribution in [0.1, 0.15) is 22.0 Å². The smallest absolute Gasteiger partial charge is 0.339 e. The van der Waals surface area contributed by atoms with Crippen molar-refractivity contribution in [2.75, 3.05) is 12.4 Å². The molecular formula is C16H14BrNO4. The van der Waals surface area contributed by atoms with Gasteiger partial charge in [-0.15, -0.1) is 0 Å². The van der Waals surface area contributed by atoms with Crippen LogP contribution in [0.4, 0.5) is 5.69 Å². The van der Waals surface area contributed by atoms with E-state index in [-0.39, 0.29) is 0 Å². The summed E-state index contributed by atoms with van der Waals surface area (Å²) in [6.45, 7) is 0. The van der Waals surface area contributed by atoms with E-state index in [1.165, 1.54) is 7.11 Å². The Labute approximate surface area is 136 Å². The van der Waals surface area contributed by atoms with Gasteiger partial charge in [0.05, 0.1) is 12.7 Å². The maximum atomic E-state index is 11.7. The number of carbonyl (C=O) groups excluding carboxylic acids is 1. The molecule has 0 saturated heterocycles. The second-order valence-electron chi connectivity index (χ2n) is 4.51. The average molecular weight is 364 g/mol. The minimum atomic E-state index is -1.01. The van der Waals surface area contributed by atoms with Crippen LogP contribution < -0.4 is 5.32 Å². The Hall–Kier alpha value is -2.34. The highest BCUT2D eigenvalue weighted by Crippen LogP contribution is 2.25. The number of aliphatic carboxylic acids is 1. The first-order chi connectivity index (χ1) is 10.5. The molecule has 0 saturated carbocycles. The quantitative estimate of drug-likeness (QED) is 0.795. The van der Waals surface area contributed by atoms with Crippen molar-refractivity contribution in [2.24, 2.45) is 0 Å². The van der Waals surface area contributed by atoms with Gasteiger partial charge in [-0.1, -0.05) is 30.3 Å². The number of hydrogen-bond donors (Lipinski definition) is 2. The number of ether oxygens (including phenoxy) is 1. The SMILES string of the molecule is COC(=O)c1cc(N[C@@H](C(=O)O)c2ccccc2)ccc1Br. The molecule has 5 nitrogen and oxygen atoms in total. The zero-order chi connectivity index (χ0) is 16.1. The summed E-state index contributed by atoms with van der Waals surface area (Å²) in [7, 11) is 1.29. The fourth-order valence-corrected chi connectivity index (χ4v) is 2.39. The molecule has 0 fully saturated rings. The molecule has 2 N–H and O–H groups in total. The molecule has 0 aliphatic rings. The highest BCUT2D eigenvalue weighted by molar-refractivity contribution is 9.10. The van der Waals surface area contributed by atoms with Crippen molar-refractivity contribution in [3.05, 3.63) is 64.1 Å². The Morgan fingerprint density at radius 3 is 2.45 bits per heavy atom. The van der Waals surface area contributed by atoms with Crippen molar-refractivity contribution in [3.8, 4) is 0 Å². The molecule has 2 aromatic carbocycles. The second-order valence-corrected chi connectivity index (χ2v) is 5.37. The second kappa shape index (κ2) is 7.09. The van der Waals surface area contributed by atoms with Crippen molar-refractivity contribution in [1.29, 1.82) is 0 Å². The number of esters is 1. The minimum Gasteiger partial charge on any atom is -0.479 e. The first kappa shape index (κ1) is 16.0. The molecule has 114 valence electrons. The summed E-state index contributed by atoms with van der Waals surface area (Å²) >= 11 is 3.27. The van der Waals surface area contributed by atoms with Gasteiger partial charge in [-0.3, -0.25) is 0 Å². The number of methoxy groups -OCH3 is 1. The van der Waals surface area contributed by atoms with Crippen LogP contribution in [0.2, 0.25) is 0 Å². The van der Waals surface area contributed by atoms with Crippen LogP contribution in [0.25, 0.3) is 0 Å². The maximum absolute atomic E-state index is 11.7. The maximum Gasteiger partial charge on any atom is 0.339 e. The standard InChI is InChI=1S/C16H14BrNO4/c1-22-16(21)12-9-11(7-8-13(12)17)18-14(15(19)20)10-5-3-2-4-6-10/h2-9,14,18H,1H3,(H,19,20)/t14-/m1/s1. The fraction of sp³-hybridized carbons (Fsp3) is 0.125. The molecule has 2 rings (SSSR count). The zero-order valence-electron chi connectivity index (χ0n) is 11.7. The molecule has 1 atom stereocenters. The van der Waals surface area contributed by atoms with Crippen LogP contribution in [0.3, 0.4) is 0 Å². The predicted molar refractivity (Wildman–Crippen MR) is 85.9 cm³/mol. The average Bonchev–Trinajstić information content (AvgIpc) is 2.53. The van der Waals surface area contributed by atoms with E-state index in [1.807, 2.05) is 6.07 Å². The number of carboxylic acids is 1. The van der Waals surface area contributed by atoms with E-state index in [2.05, 4.69) is 21.2 Å². The molecule has 0 unspecified atom stereocenters. The molecule has 0 aliphatic carbocycles.